The van der Waals surface area contributed by atoms with Gasteiger partial charge in [-0.25, -0.2) is 0 Å². The highest BCUT2D eigenvalue weighted by molar-refractivity contribution is 6.39. The van der Waals surface area contributed by atoms with E-state index in [1.54, 1.807) is 0 Å². The first-order valence-electron chi connectivity index (χ1n) is 9.29. The Bertz CT molecular complexity index is 738. The number of nitrogens with zero attached hydrogens (tertiary/aromatic N) is 1. The third kappa shape index (κ3) is 3.31. The summed E-state index contributed by atoms with van der Waals surface area (Å²) in [6, 6.07) is 3.77. The van der Waals surface area contributed by atoms with Gasteiger partial charge in [-0.05, 0) is 55.4 Å². The van der Waals surface area contributed by atoms with E-state index in [4.69, 9.17) is 4.74 Å². The monoisotopic (exact) mass is 357 g/mol. The minimum Gasteiger partial charge on any atom is -0.376 e. The molecule has 1 saturated heterocycles. The summed E-state index contributed by atoms with van der Waals surface area (Å²) in [5, 5.41) is 5.33. The van der Waals surface area contributed by atoms with E-state index in [9.17, 15) is 14.4 Å². The lowest BCUT2D eigenvalue weighted by Gasteiger charge is -2.35. The van der Waals surface area contributed by atoms with Crippen LogP contribution >= 0.6 is 0 Å². The number of rotatable bonds is 3. The molecule has 1 aromatic carbocycles. The van der Waals surface area contributed by atoms with Gasteiger partial charge in [-0.15, -0.1) is 0 Å². The topological polar surface area (TPSA) is 87.7 Å². The van der Waals surface area contributed by atoms with Crippen molar-refractivity contribution < 1.29 is 19.1 Å². The van der Waals surface area contributed by atoms with E-state index in [0.717, 1.165) is 49.0 Å². The van der Waals surface area contributed by atoms with Gasteiger partial charge in [0, 0.05) is 31.8 Å². The maximum Gasteiger partial charge on any atom is 0.313 e. The highest BCUT2D eigenvalue weighted by Crippen LogP contribution is 2.37. The molecule has 3 aliphatic rings. The fourth-order valence-electron chi connectivity index (χ4n) is 4.01. The summed E-state index contributed by atoms with van der Waals surface area (Å²) in [6.45, 7) is 1.83. The van der Waals surface area contributed by atoms with Crippen molar-refractivity contribution in [3.8, 4) is 0 Å². The summed E-state index contributed by atoms with van der Waals surface area (Å²) in [6.07, 6.45) is 4.86. The average molecular weight is 357 g/mol. The largest absolute Gasteiger partial charge is 0.376 e. The van der Waals surface area contributed by atoms with E-state index in [2.05, 4.69) is 10.6 Å². The Kier molecular flexibility index (Phi) is 4.63. The molecule has 7 heteroatoms. The van der Waals surface area contributed by atoms with Crippen LogP contribution in [0.3, 0.4) is 0 Å². The second-order valence-electron chi connectivity index (χ2n) is 7.09. The Morgan fingerprint density at radius 2 is 1.92 bits per heavy atom. The van der Waals surface area contributed by atoms with Gasteiger partial charge in [0.15, 0.2) is 0 Å². The first-order chi connectivity index (χ1) is 12.6. The number of benzene rings is 1. The Balaban J connectivity index is 1.44. The molecule has 0 bridgehead atoms. The zero-order valence-corrected chi connectivity index (χ0v) is 14.7. The predicted octanol–water partition coefficient (Wildman–Crippen LogP) is 1.15. The van der Waals surface area contributed by atoms with Gasteiger partial charge < -0.3 is 20.3 Å². The molecule has 2 N–H and O–H groups in total. The van der Waals surface area contributed by atoms with Gasteiger partial charge in [-0.3, -0.25) is 14.4 Å². The quantitative estimate of drug-likeness (QED) is 0.795. The van der Waals surface area contributed by atoms with Crippen LogP contribution in [0.1, 0.15) is 36.8 Å². The van der Waals surface area contributed by atoms with Crippen molar-refractivity contribution in [1.29, 1.82) is 0 Å². The second kappa shape index (κ2) is 7.07. The summed E-state index contributed by atoms with van der Waals surface area (Å²) in [5.74, 6) is -1.15. The molecule has 0 aromatic heterocycles. The van der Waals surface area contributed by atoms with Crippen LogP contribution in [0.4, 0.5) is 11.4 Å². The van der Waals surface area contributed by atoms with E-state index in [1.807, 2.05) is 17.0 Å². The van der Waals surface area contributed by atoms with Gasteiger partial charge in [0.05, 0.1) is 11.8 Å². The Morgan fingerprint density at radius 1 is 1.12 bits per heavy atom. The summed E-state index contributed by atoms with van der Waals surface area (Å²) in [5.41, 5.74) is 3.76. The van der Waals surface area contributed by atoms with Crippen LogP contribution in [-0.4, -0.2) is 43.5 Å². The van der Waals surface area contributed by atoms with E-state index in [0.29, 0.717) is 31.7 Å². The molecule has 1 fully saturated rings. The highest BCUT2D eigenvalue weighted by Gasteiger charge is 2.30. The number of anilines is 2. The molecule has 138 valence electrons. The number of carbonyl (C=O) groups is 3. The SMILES string of the molecule is O=C(NCC1CCCO1)C(=O)Nc1cc2c3c(c1)CCC(=O)N3CCC2. The van der Waals surface area contributed by atoms with Crippen molar-refractivity contribution in [2.45, 2.75) is 44.6 Å². The Hall–Kier alpha value is -2.41. The third-order valence-corrected chi connectivity index (χ3v) is 5.25. The fourth-order valence-corrected chi connectivity index (χ4v) is 4.01. The summed E-state index contributed by atoms with van der Waals surface area (Å²) in [4.78, 5) is 38.2. The van der Waals surface area contributed by atoms with Gasteiger partial charge in [0.2, 0.25) is 5.91 Å². The van der Waals surface area contributed by atoms with Crippen molar-refractivity contribution in [3.05, 3.63) is 23.3 Å². The first-order valence-corrected chi connectivity index (χ1v) is 9.29. The van der Waals surface area contributed by atoms with Gasteiger partial charge in [0.1, 0.15) is 0 Å². The average Bonchev–Trinajstić information content (AvgIpc) is 3.16. The van der Waals surface area contributed by atoms with Crippen LogP contribution in [0.2, 0.25) is 0 Å². The lowest BCUT2D eigenvalue weighted by Crippen LogP contribution is -2.40. The first kappa shape index (κ1) is 17.0. The van der Waals surface area contributed by atoms with Crippen molar-refractivity contribution in [2.24, 2.45) is 0 Å². The number of nitrogens with one attached hydrogen (secondary N) is 2. The predicted molar refractivity (Wildman–Crippen MR) is 96.1 cm³/mol. The van der Waals surface area contributed by atoms with Crippen LogP contribution in [0.15, 0.2) is 12.1 Å². The molecular weight excluding hydrogens is 334 g/mol. The zero-order valence-electron chi connectivity index (χ0n) is 14.7. The molecule has 1 atom stereocenters. The number of ether oxygens (including phenoxy) is 1. The molecule has 0 radical (unpaired) electrons. The number of hydrogen-bond donors (Lipinski definition) is 2. The lowest BCUT2D eigenvalue weighted by atomic mass is 9.91. The molecule has 26 heavy (non-hydrogen) atoms. The molecule has 1 unspecified atom stereocenters. The number of amides is 3. The minimum absolute atomic E-state index is 0.00322. The molecule has 4 rings (SSSR count). The highest BCUT2D eigenvalue weighted by atomic mass is 16.5. The minimum atomic E-state index is -0.672. The van der Waals surface area contributed by atoms with E-state index in [1.165, 1.54) is 0 Å². The van der Waals surface area contributed by atoms with Crippen LogP contribution in [-0.2, 0) is 32.0 Å². The van der Waals surface area contributed by atoms with E-state index < -0.39 is 11.8 Å². The van der Waals surface area contributed by atoms with Crippen LogP contribution in [0, 0.1) is 0 Å². The van der Waals surface area contributed by atoms with Crippen molar-refractivity contribution in [3.63, 3.8) is 0 Å². The summed E-state index contributed by atoms with van der Waals surface area (Å²) < 4.78 is 5.44. The fraction of sp³-hybridized carbons (Fsp3) is 0.526. The van der Waals surface area contributed by atoms with Gasteiger partial charge in [-0.1, -0.05) is 0 Å². The molecule has 7 nitrogen and oxygen atoms in total. The lowest BCUT2D eigenvalue weighted by molar-refractivity contribution is -0.136. The number of aryl methyl sites for hydroxylation is 2. The molecule has 1 aromatic rings. The van der Waals surface area contributed by atoms with Crippen LogP contribution < -0.4 is 15.5 Å². The number of hydrogen-bond acceptors (Lipinski definition) is 4. The molecule has 0 spiro atoms. The van der Waals surface area contributed by atoms with Crippen molar-refractivity contribution in [1.82, 2.24) is 5.32 Å². The standard InChI is InChI=1S/C19H23N3O4/c23-16-6-5-13-10-14(9-12-3-1-7-22(16)17(12)13)21-19(25)18(24)20-11-15-4-2-8-26-15/h9-10,15H,1-8,11H2,(H,20,24)(H,21,25). The van der Waals surface area contributed by atoms with Gasteiger partial charge in [0.25, 0.3) is 0 Å². The number of carbonyl (C=O) groups excluding carboxylic acids is 3. The van der Waals surface area contributed by atoms with E-state index in [-0.39, 0.29) is 12.0 Å². The normalized spacial score (nSPS) is 21.3. The molecule has 3 amide bonds. The summed E-state index contributed by atoms with van der Waals surface area (Å²) >= 11 is 0. The summed E-state index contributed by atoms with van der Waals surface area (Å²) in [7, 11) is 0. The smallest absolute Gasteiger partial charge is 0.313 e. The van der Waals surface area contributed by atoms with Gasteiger partial charge in [-0.2, -0.15) is 0 Å². The maximum absolute atomic E-state index is 12.2. The maximum atomic E-state index is 12.2. The Morgan fingerprint density at radius 3 is 2.69 bits per heavy atom. The molecule has 3 aliphatic heterocycles. The third-order valence-electron chi connectivity index (χ3n) is 5.25. The van der Waals surface area contributed by atoms with Crippen LogP contribution in [0.5, 0.6) is 0 Å². The molecular formula is C19H23N3O4. The van der Waals surface area contributed by atoms with Crippen molar-refractivity contribution >= 4 is 29.1 Å². The second-order valence-corrected chi connectivity index (χ2v) is 7.09. The Labute approximate surface area is 152 Å². The molecule has 3 heterocycles. The van der Waals surface area contributed by atoms with Crippen molar-refractivity contribution in [2.75, 3.05) is 29.9 Å². The van der Waals surface area contributed by atoms with E-state index >= 15 is 0 Å². The van der Waals surface area contributed by atoms with Gasteiger partial charge >= 0.3 is 11.8 Å². The molecule has 0 saturated carbocycles. The zero-order chi connectivity index (χ0) is 18.1. The molecule has 0 aliphatic carbocycles. The van der Waals surface area contributed by atoms with Crippen LogP contribution in [0.25, 0.3) is 0 Å².